The summed E-state index contributed by atoms with van der Waals surface area (Å²) in [5, 5.41) is 4.68. The third-order valence-electron chi connectivity index (χ3n) is 6.10. The van der Waals surface area contributed by atoms with Crippen molar-refractivity contribution in [1.82, 2.24) is 10.2 Å². The predicted molar refractivity (Wildman–Crippen MR) is 122 cm³/mol. The lowest BCUT2D eigenvalue weighted by molar-refractivity contribution is -0.126. The number of rotatable bonds is 5. The van der Waals surface area contributed by atoms with Crippen molar-refractivity contribution in [3.05, 3.63) is 77.1 Å². The summed E-state index contributed by atoms with van der Waals surface area (Å²) in [6.07, 6.45) is 1.51. The molecule has 1 heterocycles. The van der Waals surface area contributed by atoms with Crippen molar-refractivity contribution in [2.45, 2.75) is 26.3 Å². The maximum atomic E-state index is 13.5. The fourth-order valence-electron chi connectivity index (χ4n) is 4.33. The maximum absolute atomic E-state index is 13.5. The van der Waals surface area contributed by atoms with Crippen molar-refractivity contribution in [3.8, 4) is 5.75 Å². The van der Waals surface area contributed by atoms with Gasteiger partial charge in [0.2, 0.25) is 5.91 Å². The van der Waals surface area contributed by atoms with Gasteiger partial charge in [-0.05, 0) is 54.5 Å². The van der Waals surface area contributed by atoms with Crippen molar-refractivity contribution in [2.75, 3.05) is 20.2 Å². The Bertz CT molecular complexity index is 1160. The van der Waals surface area contributed by atoms with Crippen LogP contribution in [0.3, 0.4) is 0 Å². The van der Waals surface area contributed by atoms with Crippen LogP contribution in [0.15, 0.2) is 54.6 Å². The number of carbonyl (C=O) groups is 2. The molecule has 4 rings (SSSR count). The monoisotopic (exact) mass is 434 g/mol. The van der Waals surface area contributed by atoms with Crippen LogP contribution < -0.4 is 10.1 Å². The molecule has 1 unspecified atom stereocenters. The third kappa shape index (κ3) is 4.44. The Morgan fingerprint density at radius 2 is 1.91 bits per heavy atom. The van der Waals surface area contributed by atoms with Crippen LogP contribution in [0.25, 0.3) is 10.8 Å². The summed E-state index contributed by atoms with van der Waals surface area (Å²) in [7, 11) is 1.62. The van der Waals surface area contributed by atoms with Gasteiger partial charge in [-0.15, -0.1) is 0 Å². The van der Waals surface area contributed by atoms with E-state index in [4.69, 9.17) is 4.74 Å². The quantitative estimate of drug-likeness (QED) is 0.645. The second kappa shape index (κ2) is 9.39. The molecule has 1 saturated heterocycles. The van der Waals surface area contributed by atoms with Gasteiger partial charge in [-0.3, -0.25) is 9.59 Å². The van der Waals surface area contributed by atoms with Crippen molar-refractivity contribution in [3.63, 3.8) is 0 Å². The van der Waals surface area contributed by atoms with E-state index in [1.807, 2.05) is 30.3 Å². The molecule has 2 amide bonds. The first-order valence-electron chi connectivity index (χ1n) is 10.9. The molecule has 1 N–H and O–H groups in total. The van der Waals surface area contributed by atoms with Crippen LogP contribution in [0.5, 0.6) is 5.75 Å². The van der Waals surface area contributed by atoms with Gasteiger partial charge in [-0.2, -0.15) is 0 Å². The first-order chi connectivity index (χ1) is 15.5. The Labute approximate surface area is 187 Å². The molecule has 0 aliphatic carbocycles. The molecular formula is C26H27FN2O3. The minimum Gasteiger partial charge on any atom is -0.496 e. The Hall–Kier alpha value is -3.41. The van der Waals surface area contributed by atoms with Gasteiger partial charge in [0, 0.05) is 30.6 Å². The molecule has 0 saturated carbocycles. The van der Waals surface area contributed by atoms with E-state index >= 15 is 0 Å². The number of benzene rings is 3. The van der Waals surface area contributed by atoms with Gasteiger partial charge in [0.1, 0.15) is 11.6 Å². The molecule has 5 nitrogen and oxygen atoms in total. The fraction of sp³-hybridized carbons (Fsp3) is 0.308. The summed E-state index contributed by atoms with van der Waals surface area (Å²) in [5.74, 6) is 0.0509. The number of ether oxygens (including phenoxy) is 1. The lowest BCUT2D eigenvalue weighted by Gasteiger charge is -2.32. The molecule has 1 atom stereocenters. The summed E-state index contributed by atoms with van der Waals surface area (Å²) in [6, 6.07) is 16.1. The molecule has 0 aromatic heterocycles. The number of likely N-dealkylation sites (tertiary alicyclic amines) is 1. The number of piperidine rings is 1. The molecule has 0 bridgehead atoms. The van der Waals surface area contributed by atoms with Gasteiger partial charge in [0.05, 0.1) is 13.0 Å². The minimum atomic E-state index is -0.265. The fourth-order valence-corrected chi connectivity index (χ4v) is 4.33. The van der Waals surface area contributed by atoms with E-state index in [2.05, 4.69) is 5.32 Å². The lowest BCUT2D eigenvalue weighted by atomic mass is 9.95. The number of fused-ring (bicyclic) bond motifs is 1. The number of hydrogen-bond donors (Lipinski definition) is 1. The average molecular weight is 435 g/mol. The van der Waals surface area contributed by atoms with Crippen LogP contribution >= 0.6 is 0 Å². The predicted octanol–water partition coefficient (Wildman–Crippen LogP) is 4.46. The molecule has 32 heavy (non-hydrogen) atoms. The van der Waals surface area contributed by atoms with Crippen LogP contribution in [0.2, 0.25) is 0 Å². The average Bonchev–Trinajstić information content (AvgIpc) is 2.83. The normalized spacial score (nSPS) is 16.1. The summed E-state index contributed by atoms with van der Waals surface area (Å²) in [4.78, 5) is 27.9. The summed E-state index contributed by atoms with van der Waals surface area (Å²) >= 11 is 0. The largest absolute Gasteiger partial charge is 0.496 e. The van der Waals surface area contributed by atoms with Crippen LogP contribution in [-0.4, -0.2) is 36.9 Å². The van der Waals surface area contributed by atoms with Gasteiger partial charge in [0.15, 0.2) is 0 Å². The van der Waals surface area contributed by atoms with E-state index in [1.165, 1.54) is 6.07 Å². The van der Waals surface area contributed by atoms with E-state index in [0.29, 0.717) is 30.8 Å². The zero-order valence-electron chi connectivity index (χ0n) is 18.4. The Morgan fingerprint density at radius 3 is 2.66 bits per heavy atom. The Balaban J connectivity index is 1.45. The molecule has 1 fully saturated rings. The summed E-state index contributed by atoms with van der Waals surface area (Å²) in [6.45, 7) is 3.05. The molecular weight excluding hydrogens is 407 g/mol. The van der Waals surface area contributed by atoms with Crippen molar-refractivity contribution in [1.29, 1.82) is 0 Å². The zero-order chi connectivity index (χ0) is 22.7. The summed E-state index contributed by atoms with van der Waals surface area (Å²) in [5.41, 5.74) is 2.02. The molecule has 6 heteroatoms. The van der Waals surface area contributed by atoms with Gasteiger partial charge < -0.3 is 15.0 Å². The van der Waals surface area contributed by atoms with Crippen LogP contribution in [-0.2, 0) is 11.3 Å². The van der Waals surface area contributed by atoms with E-state index < -0.39 is 0 Å². The Kier molecular flexibility index (Phi) is 6.40. The number of nitrogens with zero attached hydrogens (tertiary/aromatic N) is 1. The second-order valence-corrected chi connectivity index (χ2v) is 8.25. The minimum absolute atomic E-state index is 0.0736. The highest BCUT2D eigenvalue weighted by atomic mass is 19.1. The highest BCUT2D eigenvalue weighted by Gasteiger charge is 2.29. The molecule has 3 aromatic rings. The first-order valence-corrected chi connectivity index (χ1v) is 10.9. The van der Waals surface area contributed by atoms with Crippen LogP contribution in [0.1, 0.15) is 34.3 Å². The molecule has 3 aromatic carbocycles. The number of methoxy groups -OCH3 is 1. The van der Waals surface area contributed by atoms with Gasteiger partial charge in [-0.25, -0.2) is 4.39 Å². The third-order valence-corrected chi connectivity index (χ3v) is 6.10. The zero-order valence-corrected chi connectivity index (χ0v) is 18.4. The maximum Gasteiger partial charge on any atom is 0.254 e. The molecule has 0 spiro atoms. The Morgan fingerprint density at radius 1 is 1.12 bits per heavy atom. The number of halogens is 1. The van der Waals surface area contributed by atoms with Crippen molar-refractivity contribution in [2.24, 2.45) is 5.92 Å². The van der Waals surface area contributed by atoms with Crippen molar-refractivity contribution < 1.29 is 18.7 Å². The number of amides is 2. The van der Waals surface area contributed by atoms with Crippen molar-refractivity contribution >= 4 is 22.6 Å². The van der Waals surface area contributed by atoms with Gasteiger partial charge in [0.25, 0.3) is 5.91 Å². The second-order valence-electron chi connectivity index (χ2n) is 8.25. The smallest absolute Gasteiger partial charge is 0.254 e. The van der Waals surface area contributed by atoms with E-state index in [-0.39, 0.29) is 23.5 Å². The van der Waals surface area contributed by atoms with E-state index in [0.717, 1.165) is 34.9 Å². The molecule has 1 aliphatic rings. The highest BCUT2D eigenvalue weighted by Crippen LogP contribution is 2.30. The summed E-state index contributed by atoms with van der Waals surface area (Å²) < 4.78 is 18.9. The number of hydrogen-bond acceptors (Lipinski definition) is 3. The van der Waals surface area contributed by atoms with E-state index in [1.54, 1.807) is 37.1 Å². The molecule has 1 aliphatic heterocycles. The van der Waals surface area contributed by atoms with Gasteiger partial charge >= 0.3 is 0 Å². The van der Waals surface area contributed by atoms with Gasteiger partial charge in [-0.1, -0.05) is 36.4 Å². The lowest BCUT2D eigenvalue weighted by Crippen LogP contribution is -2.45. The van der Waals surface area contributed by atoms with Crippen LogP contribution in [0.4, 0.5) is 4.39 Å². The standard InChI is InChI=1S/C26H27FN2O3/c1-17-14-18(9-11-23(17)27)15-28-25(30)19-6-5-13-29(16-19)26(31)22-10-12-24(32-2)21-8-4-3-7-20(21)22/h3-4,7-12,14,19H,5-6,13,15-16H2,1-2H3,(H,28,30). The molecule has 0 radical (unpaired) electrons. The number of carbonyl (C=O) groups excluding carboxylic acids is 2. The SMILES string of the molecule is COc1ccc(C(=O)N2CCCC(C(=O)NCc3ccc(F)c(C)c3)C2)c2ccccc12. The highest BCUT2D eigenvalue weighted by molar-refractivity contribution is 6.08. The van der Waals surface area contributed by atoms with E-state index in [9.17, 15) is 14.0 Å². The topological polar surface area (TPSA) is 58.6 Å². The first kappa shape index (κ1) is 21.8. The van der Waals surface area contributed by atoms with Crippen LogP contribution in [0, 0.1) is 18.7 Å². The number of aryl methyl sites for hydroxylation is 1. The number of nitrogens with one attached hydrogen (secondary N) is 1. The molecule has 166 valence electrons.